The first-order valence-electron chi connectivity index (χ1n) is 7.42. The van der Waals surface area contributed by atoms with Gasteiger partial charge in [-0.3, -0.25) is 0 Å². The lowest BCUT2D eigenvalue weighted by Crippen LogP contribution is -2.25. The van der Waals surface area contributed by atoms with Crippen molar-refractivity contribution in [3.8, 4) is 0 Å². The second-order valence-corrected chi connectivity index (χ2v) is 5.16. The number of furan rings is 1. The molecule has 2 rings (SSSR count). The lowest BCUT2D eigenvalue weighted by molar-refractivity contribution is 0.302. The molecule has 1 heterocycles. The molecule has 1 atom stereocenters. The van der Waals surface area contributed by atoms with E-state index < -0.39 is 0 Å². The molecule has 21 heavy (non-hydrogen) atoms. The zero-order valence-corrected chi connectivity index (χ0v) is 13.0. The van der Waals surface area contributed by atoms with Crippen molar-refractivity contribution in [2.75, 3.05) is 29.9 Å². The van der Waals surface area contributed by atoms with Gasteiger partial charge in [-0.25, -0.2) is 0 Å². The van der Waals surface area contributed by atoms with Gasteiger partial charge in [0.25, 0.3) is 0 Å². The maximum Gasteiger partial charge on any atom is 0.126 e. The van der Waals surface area contributed by atoms with Gasteiger partial charge in [0.1, 0.15) is 11.5 Å². The molecule has 0 aliphatic rings. The van der Waals surface area contributed by atoms with Crippen LogP contribution < -0.4 is 10.2 Å². The maximum atomic E-state index is 9.07. The molecule has 0 saturated carbocycles. The van der Waals surface area contributed by atoms with Crippen LogP contribution in [0.2, 0.25) is 0 Å². The fourth-order valence-corrected chi connectivity index (χ4v) is 2.37. The third kappa shape index (κ3) is 4.02. The van der Waals surface area contributed by atoms with Crippen LogP contribution in [0.25, 0.3) is 0 Å². The van der Waals surface area contributed by atoms with Crippen LogP contribution in [0, 0.1) is 6.92 Å². The second kappa shape index (κ2) is 7.18. The number of nitrogens with zero attached hydrogens (tertiary/aromatic N) is 1. The van der Waals surface area contributed by atoms with Gasteiger partial charge in [-0.15, -0.1) is 0 Å². The molecular formula is C17H24N2O2. The Morgan fingerprint density at radius 2 is 1.90 bits per heavy atom. The third-order valence-electron chi connectivity index (χ3n) is 3.56. The molecule has 0 spiro atoms. The van der Waals surface area contributed by atoms with Crippen molar-refractivity contribution in [3.63, 3.8) is 0 Å². The van der Waals surface area contributed by atoms with Gasteiger partial charge in [0, 0.05) is 24.5 Å². The number of aryl methyl sites for hydroxylation is 1. The maximum absolute atomic E-state index is 9.07. The van der Waals surface area contributed by atoms with Crippen LogP contribution >= 0.6 is 0 Å². The molecule has 1 unspecified atom stereocenters. The van der Waals surface area contributed by atoms with E-state index in [0.717, 1.165) is 29.4 Å². The first-order valence-corrected chi connectivity index (χ1v) is 7.42. The topological polar surface area (TPSA) is 48.6 Å². The van der Waals surface area contributed by atoms with Gasteiger partial charge in [0.15, 0.2) is 0 Å². The highest BCUT2D eigenvalue weighted by Gasteiger charge is 2.09. The van der Waals surface area contributed by atoms with Crippen molar-refractivity contribution in [1.29, 1.82) is 0 Å². The number of aliphatic hydroxyl groups excluding tert-OH is 1. The molecule has 0 bridgehead atoms. The van der Waals surface area contributed by atoms with Gasteiger partial charge >= 0.3 is 0 Å². The van der Waals surface area contributed by atoms with Crippen LogP contribution in [-0.2, 0) is 0 Å². The molecule has 2 aromatic rings. The Hall–Kier alpha value is -1.94. The average Bonchev–Trinajstić information content (AvgIpc) is 2.92. The number of anilines is 2. The Labute approximate surface area is 126 Å². The van der Waals surface area contributed by atoms with Gasteiger partial charge in [-0.1, -0.05) is 0 Å². The number of aliphatic hydroxyl groups is 1. The summed E-state index contributed by atoms with van der Waals surface area (Å²) in [7, 11) is 0. The molecule has 1 aromatic carbocycles. The Kier molecular flexibility index (Phi) is 5.28. The van der Waals surface area contributed by atoms with Gasteiger partial charge in [0.05, 0.1) is 12.6 Å². The predicted molar refractivity (Wildman–Crippen MR) is 86.9 cm³/mol. The monoisotopic (exact) mass is 288 g/mol. The molecule has 0 fully saturated rings. The van der Waals surface area contributed by atoms with Gasteiger partial charge < -0.3 is 19.7 Å². The average molecular weight is 288 g/mol. The molecule has 0 aliphatic carbocycles. The van der Waals surface area contributed by atoms with Gasteiger partial charge in [-0.05, 0) is 57.2 Å². The van der Waals surface area contributed by atoms with Crippen molar-refractivity contribution in [1.82, 2.24) is 0 Å². The van der Waals surface area contributed by atoms with Crippen molar-refractivity contribution < 1.29 is 9.52 Å². The van der Waals surface area contributed by atoms with Crippen LogP contribution in [-0.4, -0.2) is 24.8 Å². The van der Waals surface area contributed by atoms with Gasteiger partial charge in [0.2, 0.25) is 0 Å². The van der Waals surface area contributed by atoms with Crippen LogP contribution in [0.15, 0.2) is 40.8 Å². The third-order valence-corrected chi connectivity index (χ3v) is 3.56. The molecule has 0 radical (unpaired) electrons. The standard InChI is InChI=1S/C17H24N2O2/c1-4-19(11-12-20)16-8-6-15(7-9-16)18-14(3)17-10-5-13(2)21-17/h5-10,14,18,20H,4,11-12H2,1-3H3. The Morgan fingerprint density at radius 1 is 1.19 bits per heavy atom. The number of nitrogens with one attached hydrogen (secondary N) is 1. The number of benzene rings is 1. The van der Waals surface area contributed by atoms with Crippen molar-refractivity contribution in [3.05, 3.63) is 47.9 Å². The zero-order valence-electron chi connectivity index (χ0n) is 13.0. The quantitative estimate of drug-likeness (QED) is 0.817. The molecule has 0 saturated heterocycles. The van der Waals surface area contributed by atoms with E-state index in [1.807, 2.05) is 19.1 Å². The zero-order chi connectivity index (χ0) is 15.2. The molecule has 1 aromatic heterocycles. The minimum Gasteiger partial charge on any atom is -0.464 e. The summed E-state index contributed by atoms with van der Waals surface area (Å²) in [5, 5.41) is 12.5. The molecule has 2 N–H and O–H groups in total. The summed E-state index contributed by atoms with van der Waals surface area (Å²) in [4.78, 5) is 2.14. The lowest BCUT2D eigenvalue weighted by atomic mass is 10.2. The summed E-state index contributed by atoms with van der Waals surface area (Å²) in [5.74, 6) is 1.86. The number of hydrogen-bond acceptors (Lipinski definition) is 4. The summed E-state index contributed by atoms with van der Waals surface area (Å²) < 4.78 is 5.63. The molecular weight excluding hydrogens is 264 g/mol. The SMILES string of the molecule is CCN(CCO)c1ccc(NC(C)c2ccc(C)o2)cc1. The van der Waals surface area contributed by atoms with E-state index in [2.05, 4.69) is 48.3 Å². The molecule has 0 aliphatic heterocycles. The van der Waals surface area contributed by atoms with E-state index in [9.17, 15) is 0 Å². The highest BCUT2D eigenvalue weighted by Crippen LogP contribution is 2.23. The summed E-state index contributed by atoms with van der Waals surface area (Å²) in [6.07, 6.45) is 0. The van der Waals surface area contributed by atoms with Gasteiger partial charge in [-0.2, -0.15) is 0 Å². The van der Waals surface area contributed by atoms with Crippen LogP contribution in [0.1, 0.15) is 31.4 Å². The number of likely N-dealkylation sites (N-methyl/N-ethyl adjacent to an activating group) is 1. The minimum atomic E-state index is 0.129. The van der Waals surface area contributed by atoms with E-state index in [4.69, 9.17) is 9.52 Å². The Balaban J connectivity index is 2.02. The lowest BCUT2D eigenvalue weighted by Gasteiger charge is -2.22. The summed E-state index contributed by atoms with van der Waals surface area (Å²) in [6, 6.07) is 12.4. The van der Waals surface area contributed by atoms with E-state index in [1.165, 1.54) is 0 Å². The summed E-state index contributed by atoms with van der Waals surface area (Å²) >= 11 is 0. The second-order valence-electron chi connectivity index (χ2n) is 5.16. The van der Waals surface area contributed by atoms with Crippen LogP contribution in [0.4, 0.5) is 11.4 Å². The van der Waals surface area contributed by atoms with Crippen molar-refractivity contribution >= 4 is 11.4 Å². The Bertz CT molecular complexity index is 548. The highest BCUT2D eigenvalue weighted by molar-refractivity contribution is 5.55. The van der Waals surface area contributed by atoms with Crippen molar-refractivity contribution in [2.45, 2.75) is 26.8 Å². The normalized spacial score (nSPS) is 12.2. The predicted octanol–water partition coefficient (Wildman–Crippen LogP) is 3.58. The van der Waals surface area contributed by atoms with E-state index in [-0.39, 0.29) is 12.6 Å². The highest BCUT2D eigenvalue weighted by atomic mass is 16.3. The molecule has 114 valence electrons. The van der Waals surface area contributed by atoms with E-state index in [1.54, 1.807) is 0 Å². The molecule has 0 amide bonds. The van der Waals surface area contributed by atoms with Crippen LogP contribution in [0.3, 0.4) is 0 Å². The van der Waals surface area contributed by atoms with E-state index >= 15 is 0 Å². The summed E-state index contributed by atoms with van der Waals surface area (Å²) in [5.41, 5.74) is 2.18. The first-order chi connectivity index (χ1) is 10.1. The number of rotatable bonds is 7. The van der Waals surface area contributed by atoms with Crippen molar-refractivity contribution in [2.24, 2.45) is 0 Å². The van der Waals surface area contributed by atoms with E-state index in [0.29, 0.717) is 6.54 Å². The van der Waals surface area contributed by atoms with Crippen LogP contribution in [0.5, 0.6) is 0 Å². The molecule has 4 nitrogen and oxygen atoms in total. The molecule has 4 heteroatoms. The first kappa shape index (κ1) is 15.4. The summed E-state index contributed by atoms with van der Waals surface area (Å²) in [6.45, 7) is 7.83. The smallest absolute Gasteiger partial charge is 0.126 e. The largest absolute Gasteiger partial charge is 0.464 e. The fraction of sp³-hybridized carbons (Fsp3) is 0.412. The fourth-order valence-electron chi connectivity index (χ4n) is 2.37. The number of hydrogen-bond donors (Lipinski definition) is 2. The Morgan fingerprint density at radius 3 is 2.43 bits per heavy atom. The minimum absolute atomic E-state index is 0.129.